The summed E-state index contributed by atoms with van der Waals surface area (Å²) in [5.41, 5.74) is -1.41. The lowest BCUT2D eigenvalue weighted by atomic mass is 9.69. The first-order valence-electron chi connectivity index (χ1n) is 8.06. The molecule has 7 heteroatoms. The van der Waals surface area contributed by atoms with Crippen molar-refractivity contribution in [3.8, 4) is 17.2 Å². The zero-order valence-electron chi connectivity index (χ0n) is 14.1. The fourth-order valence-electron chi connectivity index (χ4n) is 3.45. The maximum absolute atomic E-state index is 12.0. The SMILES string of the molecule is O=S(=O)(O)CC(c1ccccc1O)(c1ccccc1O)c1ccccc1O. The van der Waals surface area contributed by atoms with Gasteiger partial charge in [-0.25, -0.2) is 0 Å². The van der Waals surface area contributed by atoms with Crippen LogP contribution in [0.2, 0.25) is 0 Å². The molecule has 140 valence electrons. The lowest BCUT2D eigenvalue weighted by Crippen LogP contribution is -2.37. The van der Waals surface area contributed by atoms with E-state index in [-0.39, 0.29) is 33.9 Å². The molecule has 0 aromatic heterocycles. The van der Waals surface area contributed by atoms with Crippen LogP contribution in [0.15, 0.2) is 72.8 Å². The maximum atomic E-state index is 12.0. The molecule has 0 aliphatic carbocycles. The molecule has 0 heterocycles. The molecule has 0 spiro atoms. The van der Waals surface area contributed by atoms with Crippen LogP contribution < -0.4 is 0 Å². The third-order valence-electron chi connectivity index (χ3n) is 4.49. The van der Waals surface area contributed by atoms with Crippen molar-refractivity contribution in [1.82, 2.24) is 0 Å². The molecule has 0 atom stereocenters. The van der Waals surface area contributed by atoms with Crippen molar-refractivity contribution in [1.29, 1.82) is 0 Å². The second-order valence-electron chi connectivity index (χ2n) is 6.18. The summed E-state index contributed by atoms with van der Waals surface area (Å²) < 4.78 is 33.8. The van der Waals surface area contributed by atoms with Crippen LogP contribution in [0.4, 0.5) is 0 Å². The Morgan fingerprint density at radius 2 is 0.926 bits per heavy atom. The first kappa shape index (κ1) is 18.8. The van der Waals surface area contributed by atoms with Crippen LogP contribution in [0, 0.1) is 0 Å². The van der Waals surface area contributed by atoms with Crippen molar-refractivity contribution in [3.05, 3.63) is 89.5 Å². The van der Waals surface area contributed by atoms with E-state index in [4.69, 9.17) is 0 Å². The maximum Gasteiger partial charge on any atom is 0.266 e. The van der Waals surface area contributed by atoms with Crippen LogP contribution >= 0.6 is 0 Å². The number of phenolic OH excluding ortho intramolecular Hbond substituents is 3. The Balaban J connectivity index is 2.52. The number of phenols is 3. The van der Waals surface area contributed by atoms with Crippen molar-refractivity contribution >= 4 is 10.1 Å². The van der Waals surface area contributed by atoms with Crippen molar-refractivity contribution < 1.29 is 28.3 Å². The van der Waals surface area contributed by atoms with Crippen LogP contribution in [0.5, 0.6) is 17.2 Å². The fraction of sp³-hybridized carbons (Fsp3) is 0.100. The van der Waals surface area contributed by atoms with Crippen LogP contribution in [0.25, 0.3) is 0 Å². The zero-order valence-corrected chi connectivity index (χ0v) is 15.0. The van der Waals surface area contributed by atoms with Gasteiger partial charge in [-0.3, -0.25) is 4.55 Å². The molecular formula is C20H18O6S. The first-order chi connectivity index (χ1) is 12.8. The quantitative estimate of drug-likeness (QED) is 0.396. The van der Waals surface area contributed by atoms with Crippen LogP contribution in [-0.4, -0.2) is 34.0 Å². The van der Waals surface area contributed by atoms with E-state index < -0.39 is 21.3 Å². The molecule has 0 bridgehead atoms. The fourth-order valence-corrected chi connectivity index (χ4v) is 4.46. The van der Waals surface area contributed by atoms with E-state index in [0.717, 1.165) is 0 Å². The Morgan fingerprint density at radius 3 is 1.19 bits per heavy atom. The van der Waals surface area contributed by atoms with E-state index >= 15 is 0 Å². The van der Waals surface area contributed by atoms with E-state index in [0.29, 0.717) is 0 Å². The molecule has 4 N–H and O–H groups in total. The highest BCUT2D eigenvalue weighted by Gasteiger charge is 2.45. The number of hydrogen-bond acceptors (Lipinski definition) is 5. The average Bonchev–Trinajstić information content (AvgIpc) is 2.60. The summed E-state index contributed by atoms with van der Waals surface area (Å²) in [6.45, 7) is 0. The number of benzene rings is 3. The van der Waals surface area contributed by atoms with Gasteiger partial charge >= 0.3 is 0 Å². The van der Waals surface area contributed by atoms with Gasteiger partial charge in [0.15, 0.2) is 0 Å². The third-order valence-corrected chi connectivity index (χ3v) is 5.29. The molecule has 0 unspecified atom stereocenters. The Labute approximate surface area is 156 Å². The first-order valence-corrected chi connectivity index (χ1v) is 9.67. The van der Waals surface area contributed by atoms with Gasteiger partial charge in [0.1, 0.15) is 17.2 Å². The van der Waals surface area contributed by atoms with Gasteiger partial charge in [0, 0.05) is 16.7 Å². The van der Waals surface area contributed by atoms with Gasteiger partial charge in [0.2, 0.25) is 0 Å². The molecule has 0 aliphatic rings. The molecule has 0 aliphatic heterocycles. The minimum absolute atomic E-state index is 0.116. The standard InChI is InChI=1S/C20H18O6S/c21-17-10-4-1-7-14(17)20(13-27(24,25)26,15-8-2-5-11-18(15)22)16-9-3-6-12-19(16)23/h1-12,21-23H,13H2,(H,24,25,26). The summed E-state index contributed by atoms with van der Waals surface area (Å²) in [7, 11) is -4.61. The molecule has 27 heavy (non-hydrogen) atoms. The Morgan fingerprint density at radius 1 is 0.630 bits per heavy atom. The van der Waals surface area contributed by atoms with Crippen molar-refractivity contribution in [2.24, 2.45) is 0 Å². The monoisotopic (exact) mass is 386 g/mol. The van der Waals surface area contributed by atoms with E-state index in [1.165, 1.54) is 36.4 Å². The lowest BCUT2D eigenvalue weighted by molar-refractivity contribution is 0.422. The number of aromatic hydroxyl groups is 3. The van der Waals surface area contributed by atoms with Gasteiger partial charge in [0.25, 0.3) is 10.1 Å². The molecule has 3 aromatic rings. The summed E-state index contributed by atoms with van der Waals surface area (Å²) >= 11 is 0. The molecule has 3 rings (SSSR count). The Hall–Kier alpha value is -3.03. The number of hydrogen-bond donors (Lipinski definition) is 4. The highest BCUT2D eigenvalue weighted by atomic mass is 32.2. The predicted octanol–water partition coefficient (Wildman–Crippen LogP) is 3.03. The second-order valence-corrected chi connectivity index (χ2v) is 7.64. The second kappa shape index (κ2) is 6.94. The van der Waals surface area contributed by atoms with Crippen LogP contribution in [0.3, 0.4) is 0 Å². The average molecular weight is 386 g/mol. The largest absolute Gasteiger partial charge is 0.508 e. The third kappa shape index (κ3) is 3.47. The van der Waals surface area contributed by atoms with Crippen LogP contribution in [-0.2, 0) is 15.5 Å². The van der Waals surface area contributed by atoms with Crippen molar-refractivity contribution in [2.45, 2.75) is 5.41 Å². The zero-order chi connectivity index (χ0) is 19.7. The summed E-state index contributed by atoms with van der Waals surface area (Å²) in [4.78, 5) is 0. The van der Waals surface area contributed by atoms with E-state index in [1.54, 1.807) is 36.4 Å². The van der Waals surface area contributed by atoms with E-state index in [9.17, 15) is 28.3 Å². The number of para-hydroxylation sites is 3. The highest BCUT2D eigenvalue weighted by molar-refractivity contribution is 7.85. The molecule has 0 saturated carbocycles. The summed E-state index contributed by atoms with van der Waals surface area (Å²) in [5, 5.41) is 31.5. The normalized spacial score (nSPS) is 12.0. The molecule has 0 radical (unpaired) electrons. The van der Waals surface area contributed by atoms with Crippen LogP contribution in [0.1, 0.15) is 16.7 Å². The molecule has 6 nitrogen and oxygen atoms in total. The topological polar surface area (TPSA) is 115 Å². The van der Waals surface area contributed by atoms with Gasteiger partial charge in [-0.15, -0.1) is 0 Å². The van der Waals surface area contributed by atoms with Crippen molar-refractivity contribution in [3.63, 3.8) is 0 Å². The predicted molar refractivity (Wildman–Crippen MR) is 101 cm³/mol. The summed E-state index contributed by atoms with van der Waals surface area (Å²) in [6.07, 6.45) is 0. The summed E-state index contributed by atoms with van der Waals surface area (Å²) in [6, 6.07) is 18.0. The molecule has 0 saturated heterocycles. The van der Waals surface area contributed by atoms with Gasteiger partial charge in [-0.1, -0.05) is 54.6 Å². The molecule has 0 amide bonds. The highest BCUT2D eigenvalue weighted by Crippen LogP contribution is 2.49. The van der Waals surface area contributed by atoms with Gasteiger partial charge in [-0.05, 0) is 18.2 Å². The minimum Gasteiger partial charge on any atom is -0.508 e. The Kier molecular flexibility index (Phi) is 4.82. The molecule has 3 aromatic carbocycles. The van der Waals surface area contributed by atoms with Gasteiger partial charge in [0.05, 0.1) is 11.2 Å². The lowest BCUT2D eigenvalue weighted by Gasteiger charge is -2.35. The molecule has 0 fully saturated rings. The summed E-state index contributed by atoms with van der Waals surface area (Å²) in [5.74, 6) is -1.62. The van der Waals surface area contributed by atoms with E-state index in [2.05, 4.69) is 0 Å². The Bertz CT molecular complexity index is 964. The smallest absolute Gasteiger partial charge is 0.266 e. The van der Waals surface area contributed by atoms with Gasteiger partial charge < -0.3 is 15.3 Å². The van der Waals surface area contributed by atoms with Gasteiger partial charge in [-0.2, -0.15) is 8.42 Å². The van der Waals surface area contributed by atoms with Crippen molar-refractivity contribution in [2.75, 3.05) is 5.75 Å². The minimum atomic E-state index is -4.61. The number of rotatable bonds is 5. The van der Waals surface area contributed by atoms with E-state index in [1.807, 2.05) is 0 Å². The molecular weight excluding hydrogens is 368 g/mol.